The minimum Gasteiger partial charge on any atom is -0.395 e. The molecule has 2 aliphatic rings. The van der Waals surface area contributed by atoms with E-state index in [4.69, 9.17) is 4.74 Å². The molecule has 0 aromatic heterocycles. The number of thioether (sulfide) groups is 1. The highest BCUT2D eigenvalue weighted by molar-refractivity contribution is 7.98. The molecular formula is C11H21NO2S. The molecule has 0 unspecified atom stereocenters. The Morgan fingerprint density at radius 1 is 1.53 bits per heavy atom. The number of aliphatic hydroxyl groups is 1. The fourth-order valence-corrected chi connectivity index (χ4v) is 3.37. The van der Waals surface area contributed by atoms with E-state index in [-0.39, 0.29) is 5.54 Å². The van der Waals surface area contributed by atoms with Gasteiger partial charge in [-0.1, -0.05) is 0 Å². The maximum atomic E-state index is 9.31. The molecule has 0 saturated carbocycles. The van der Waals surface area contributed by atoms with Crippen molar-refractivity contribution in [1.29, 1.82) is 0 Å². The summed E-state index contributed by atoms with van der Waals surface area (Å²) in [5.74, 6) is 0.791. The van der Waals surface area contributed by atoms with E-state index in [1.165, 1.54) is 19.3 Å². The lowest BCUT2D eigenvalue weighted by atomic mass is 9.95. The van der Waals surface area contributed by atoms with Crippen LogP contribution >= 0.6 is 11.8 Å². The van der Waals surface area contributed by atoms with E-state index in [2.05, 4.69) is 11.2 Å². The van der Waals surface area contributed by atoms with E-state index in [1.807, 2.05) is 0 Å². The second-order valence-electron chi connectivity index (χ2n) is 4.65. The summed E-state index contributed by atoms with van der Waals surface area (Å²) in [5.41, 5.74) is 0.267. The molecule has 0 bridgehead atoms. The van der Waals surface area contributed by atoms with E-state index in [9.17, 15) is 5.11 Å². The van der Waals surface area contributed by atoms with Crippen LogP contribution in [-0.2, 0) is 4.74 Å². The van der Waals surface area contributed by atoms with Crippen molar-refractivity contribution in [2.24, 2.45) is 0 Å². The maximum absolute atomic E-state index is 9.31. The molecule has 2 saturated heterocycles. The average molecular weight is 231 g/mol. The number of hydrogen-bond donors (Lipinski definition) is 1. The molecule has 2 rings (SSSR count). The maximum Gasteiger partial charge on any atom is 0.0919 e. The largest absolute Gasteiger partial charge is 0.395 e. The number of hydrogen-bond acceptors (Lipinski definition) is 4. The Morgan fingerprint density at radius 2 is 2.40 bits per heavy atom. The second-order valence-corrected chi connectivity index (χ2v) is 5.46. The van der Waals surface area contributed by atoms with Crippen molar-refractivity contribution in [2.75, 3.05) is 32.0 Å². The van der Waals surface area contributed by atoms with Crippen LogP contribution < -0.4 is 0 Å². The van der Waals surface area contributed by atoms with Gasteiger partial charge >= 0.3 is 0 Å². The summed E-state index contributed by atoms with van der Waals surface area (Å²) in [6.45, 7) is 2.31. The summed E-state index contributed by atoms with van der Waals surface area (Å²) in [7, 11) is 0. The van der Waals surface area contributed by atoms with Crippen LogP contribution in [-0.4, -0.2) is 53.5 Å². The summed E-state index contributed by atoms with van der Waals surface area (Å²) in [5, 5.41) is 9.31. The van der Waals surface area contributed by atoms with E-state index < -0.39 is 0 Å². The highest BCUT2D eigenvalue weighted by Crippen LogP contribution is 2.42. The predicted molar refractivity (Wildman–Crippen MR) is 63.1 cm³/mol. The fraction of sp³-hybridized carbons (Fsp3) is 1.00. The van der Waals surface area contributed by atoms with E-state index in [0.29, 0.717) is 12.6 Å². The predicted octanol–water partition coefficient (Wildman–Crippen LogP) is 1.31. The third-order valence-corrected chi connectivity index (χ3v) is 4.22. The molecule has 0 aliphatic carbocycles. The number of fused-ring (bicyclic) bond motifs is 1. The molecule has 0 radical (unpaired) electrons. The van der Waals surface area contributed by atoms with Gasteiger partial charge < -0.3 is 9.84 Å². The minimum atomic E-state index is 0.267. The first-order chi connectivity index (χ1) is 7.32. The first-order valence-electron chi connectivity index (χ1n) is 5.77. The van der Waals surface area contributed by atoms with E-state index in [0.717, 1.165) is 25.5 Å². The van der Waals surface area contributed by atoms with Crippen LogP contribution in [0, 0.1) is 0 Å². The summed E-state index contributed by atoms with van der Waals surface area (Å²) < 4.78 is 5.70. The van der Waals surface area contributed by atoms with Crippen LogP contribution in [0.1, 0.15) is 25.7 Å². The normalized spacial score (nSPS) is 36.0. The van der Waals surface area contributed by atoms with Gasteiger partial charge in [0.25, 0.3) is 0 Å². The van der Waals surface area contributed by atoms with Gasteiger partial charge in [0, 0.05) is 11.6 Å². The van der Waals surface area contributed by atoms with Crippen LogP contribution in [0.4, 0.5) is 0 Å². The summed E-state index contributed by atoms with van der Waals surface area (Å²) in [6.07, 6.45) is 6.91. The third kappa shape index (κ3) is 2.18. The smallest absolute Gasteiger partial charge is 0.0919 e. The third-order valence-electron chi connectivity index (χ3n) is 3.82. The van der Waals surface area contributed by atoms with Gasteiger partial charge in [0.05, 0.1) is 19.2 Å². The van der Waals surface area contributed by atoms with Gasteiger partial charge in [0.15, 0.2) is 0 Å². The molecule has 1 N–H and O–H groups in total. The average Bonchev–Trinajstić information content (AvgIpc) is 2.76. The molecule has 3 nitrogen and oxygen atoms in total. The van der Waals surface area contributed by atoms with Gasteiger partial charge in [-0.3, -0.25) is 4.90 Å². The van der Waals surface area contributed by atoms with Gasteiger partial charge in [-0.15, -0.1) is 11.8 Å². The van der Waals surface area contributed by atoms with Crippen LogP contribution in [0.5, 0.6) is 0 Å². The van der Waals surface area contributed by atoms with Gasteiger partial charge in [0.2, 0.25) is 0 Å². The van der Waals surface area contributed by atoms with Crippen molar-refractivity contribution in [1.82, 2.24) is 4.90 Å². The fourth-order valence-electron chi connectivity index (χ4n) is 3.12. The van der Waals surface area contributed by atoms with E-state index >= 15 is 0 Å². The van der Waals surface area contributed by atoms with Crippen molar-refractivity contribution >= 4 is 11.8 Å². The standard InChI is InChI=1S/C11H21NO2S/c1-15-9-14-8-11-4-2-6-12(11)10(7-13)3-5-11/h10,13H,2-9H2,1H3/t10-,11-/m1/s1. The van der Waals surface area contributed by atoms with Crippen LogP contribution in [0.25, 0.3) is 0 Å². The Bertz CT molecular complexity index is 215. The Balaban J connectivity index is 1.94. The SMILES string of the molecule is CSCOC[C@]12CCCN1[C@@H](CO)CC2. The van der Waals surface area contributed by atoms with Gasteiger partial charge in [-0.2, -0.15) is 0 Å². The summed E-state index contributed by atoms with van der Waals surface area (Å²) >= 11 is 1.73. The van der Waals surface area contributed by atoms with Gasteiger partial charge in [0.1, 0.15) is 0 Å². The molecule has 2 aliphatic heterocycles. The van der Waals surface area contributed by atoms with Gasteiger partial charge in [-0.05, 0) is 38.5 Å². The summed E-state index contributed by atoms with van der Waals surface area (Å²) in [4.78, 5) is 2.49. The van der Waals surface area contributed by atoms with E-state index in [1.54, 1.807) is 11.8 Å². The van der Waals surface area contributed by atoms with Crippen molar-refractivity contribution in [3.8, 4) is 0 Å². The van der Waals surface area contributed by atoms with Crippen molar-refractivity contribution in [2.45, 2.75) is 37.3 Å². The molecule has 0 spiro atoms. The quantitative estimate of drug-likeness (QED) is 0.571. The molecule has 4 heteroatoms. The lowest BCUT2D eigenvalue weighted by Gasteiger charge is -2.34. The lowest BCUT2D eigenvalue weighted by Crippen LogP contribution is -2.46. The molecular weight excluding hydrogens is 210 g/mol. The zero-order valence-corrected chi connectivity index (χ0v) is 10.3. The number of ether oxygens (including phenoxy) is 1. The zero-order chi connectivity index (χ0) is 10.7. The zero-order valence-electron chi connectivity index (χ0n) is 9.45. The summed E-state index contributed by atoms with van der Waals surface area (Å²) in [6, 6.07) is 0.394. The molecule has 0 aromatic rings. The highest BCUT2D eigenvalue weighted by Gasteiger charge is 2.48. The topological polar surface area (TPSA) is 32.7 Å². The number of aliphatic hydroxyl groups excluding tert-OH is 1. The van der Waals surface area contributed by atoms with Crippen molar-refractivity contribution in [3.63, 3.8) is 0 Å². The Hall–Kier alpha value is 0.230. The first-order valence-corrected chi connectivity index (χ1v) is 7.16. The van der Waals surface area contributed by atoms with Crippen LogP contribution in [0.3, 0.4) is 0 Å². The Labute approximate surface area is 96.2 Å². The van der Waals surface area contributed by atoms with Crippen molar-refractivity contribution in [3.05, 3.63) is 0 Å². The monoisotopic (exact) mass is 231 g/mol. The molecule has 2 atom stereocenters. The van der Waals surface area contributed by atoms with Crippen LogP contribution in [0.15, 0.2) is 0 Å². The Morgan fingerprint density at radius 3 is 3.13 bits per heavy atom. The number of rotatable bonds is 5. The Kier molecular flexibility index (Phi) is 3.93. The van der Waals surface area contributed by atoms with Crippen molar-refractivity contribution < 1.29 is 9.84 Å². The minimum absolute atomic E-state index is 0.267. The highest BCUT2D eigenvalue weighted by atomic mass is 32.2. The number of nitrogens with zero attached hydrogens (tertiary/aromatic N) is 1. The molecule has 15 heavy (non-hydrogen) atoms. The first kappa shape index (κ1) is 11.7. The lowest BCUT2D eigenvalue weighted by molar-refractivity contribution is 0.0325. The molecule has 2 heterocycles. The molecule has 0 aromatic carbocycles. The molecule has 2 fully saturated rings. The van der Waals surface area contributed by atoms with Crippen LogP contribution in [0.2, 0.25) is 0 Å². The second kappa shape index (κ2) is 5.04. The van der Waals surface area contributed by atoms with Gasteiger partial charge in [-0.25, -0.2) is 0 Å². The molecule has 88 valence electrons. The molecule has 0 amide bonds.